The van der Waals surface area contributed by atoms with Gasteiger partial charge in [0, 0.05) is 43.6 Å². The van der Waals surface area contributed by atoms with Gasteiger partial charge in [0.1, 0.15) is 12.4 Å². The first-order chi connectivity index (χ1) is 15.8. The van der Waals surface area contributed by atoms with Crippen molar-refractivity contribution in [2.45, 2.75) is 13.0 Å². The lowest BCUT2D eigenvalue weighted by Gasteiger charge is -2.26. The molecular formula is C26H31N3O4. The largest absolute Gasteiger partial charge is 0.492 e. The van der Waals surface area contributed by atoms with E-state index in [0.29, 0.717) is 13.2 Å². The lowest BCUT2D eigenvalue weighted by molar-refractivity contribution is -0.120. The lowest BCUT2D eigenvalue weighted by atomic mass is 10.1. The Labute approximate surface area is 194 Å². The molecule has 0 saturated carbocycles. The highest BCUT2D eigenvalue weighted by molar-refractivity contribution is 5.78. The number of carbonyl (C=O) groups excluding carboxylic acids is 1. The van der Waals surface area contributed by atoms with Crippen LogP contribution in [0, 0.1) is 0 Å². The van der Waals surface area contributed by atoms with E-state index in [9.17, 15) is 4.79 Å². The van der Waals surface area contributed by atoms with Gasteiger partial charge in [-0.05, 0) is 29.3 Å². The second-order valence-corrected chi connectivity index (χ2v) is 7.80. The maximum absolute atomic E-state index is 12.2. The Kier molecular flexibility index (Phi) is 9.38. The number of rotatable bonds is 9. The zero-order valence-corrected chi connectivity index (χ0v) is 18.7. The fraction of sp³-hybridized carbons (Fsp3) is 0.308. The van der Waals surface area contributed by atoms with Crippen LogP contribution in [0.5, 0.6) is 5.75 Å². The first-order valence-electron chi connectivity index (χ1n) is 11.1. The van der Waals surface area contributed by atoms with E-state index in [1.807, 2.05) is 72.9 Å². The maximum Gasteiger partial charge on any atom is 0.226 e. The van der Waals surface area contributed by atoms with Crippen LogP contribution < -0.4 is 10.1 Å². The smallest absolute Gasteiger partial charge is 0.226 e. The van der Waals surface area contributed by atoms with Crippen molar-refractivity contribution in [3.63, 3.8) is 0 Å². The molecule has 1 fully saturated rings. The molecule has 0 spiro atoms. The average Bonchev–Trinajstić information content (AvgIpc) is 2.85. The van der Waals surface area contributed by atoms with E-state index in [2.05, 4.69) is 15.2 Å². The van der Waals surface area contributed by atoms with Gasteiger partial charge in [0.15, 0.2) is 0 Å². The van der Waals surface area contributed by atoms with Gasteiger partial charge in [0.05, 0.1) is 19.6 Å². The Morgan fingerprint density at radius 2 is 1.70 bits per heavy atom. The molecule has 1 aromatic heterocycles. The van der Waals surface area contributed by atoms with E-state index >= 15 is 0 Å². The van der Waals surface area contributed by atoms with Gasteiger partial charge in [-0.2, -0.15) is 0 Å². The minimum absolute atomic E-state index is 0. The number of carbonyl (C=O) groups is 1. The van der Waals surface area contributed by atoms with Crippen LogP contribution >= 0.6 is 0 Å². The van der Waals surface area contributed by atoms with Crippen molar-refractivity contribution in [1.82, 2.24) is 15.2 Å². The summed E-state index contributed by atoms with van der Waals surface area (Å²) in [6.45, 7) is 5.66. The first kappa shape index (κ1) is 24.4. The lowest BCUT2D eigenvalue weighted by Crippen LogP contribution is -2.38. The summed E-state index contributed by atoms with van der Waals surface area (Å²) in [4.78, 5) is 19.0. The van der Waals surface area contributed by atoms with Crippen molar-refractivity contribution in [2.24, 2.45) is 0 Å². The van der Waals surface area contributed by atoms with Crippen molar-refractivity contribution in [1.29, 1.82) is 0 Å². The molecule has 0 radical (unpaired) electrons. The van der Waals surface area contributed by atoms with Crippen molar-refractivity contribution in [3.05, 3.63) is 84.2 Å². The first-order valence-corrected chi connectivity index (χ1v) is 11.1. The van der Waals surface area contributed by atoms with Gasteiger partial charge in [-0.1, -0.05) is 48.5 Å². The van der Waals surface area contributed by atoms with Gasteiger partial charge in [-0.15, -0.1) is 0 Å². The standard InChI is InChI=1S/C26H29N3O3.H2O/c30-26(28-19-21-4-2-1-3-5-21)18-24-9-6-23(20-27-24)22-7-10-25(11-8-22)32-17-14-29-12-15-31-16-13-29;/h1-11,20H,12-19H2,(H,28,30);1H2. The fourth-order valence-electron chi connectivity index (χ4n) is 3.58. The molecule has 1 aliphatic heterocycles. The molecule has 1 aliphatic rings. The summed E-state index contributed by atoms with van der Waals surface area (Å²) in [7, 11) is 0. The number of nitrogens with one attached hydrogen (secondary N) is 1. The number of hydrogen-bond donors (Lipinski definition) is 1. The number of morpholine rings is 1. The third-order valence-corrected chi connectivity index (χ3v) is 5.47. The third-order valence-electron chi connectivity index (χ3n) is 5.47. The number of ether oxygens (including phenoxy) is 2. The monoisotopic (exact) mass is 449 g/mol. The second-order valence-electron chi connectivity index (χ2n) is 7.80. The van der Waals surface area contributed by atoms with Gasteiger partial charge >= 0.3 is 0 Å². The highest BCUT2D eigenvalue weighted by Crippen LogP contribution is 2.22. The highest BCUT2D eigenvalue weighted by atomic mass is 16.5. The molecule has 0 atom stereocenters. The molecule has 3 N–H and O–H groups in total. The number of nitrogens with zero attached hydrogens (tertiary/aromatic N) is 2. The molecule has 7 nitrogen and oxygen atoms in total. The molecule has 174 valence electrons. The maximum atomic E-state index is 12.2. The molecule has 1 amide bonds. The van der Waals surface area contributed by atoms with Crippen LogP contribution in [0.1, 0.15) is 11.3 Å². The van der Waals surface area contributed by atoms with Crippen LogP contribution in [0.25, 0.3) is 11.1 Å². The van der Waals surface area contributed by atoms with E-state index in [1.165, 1.54) is 0 Å². The van der Waals surface area contributed by atoms with Crippen molar-refractivity contribution < 1.29 is 19.7 Å². The minimum Gasteiger partial charge on any atom is -0.492 e. The Morgan fingerprint density at radius 3 is 2.39 bits per heavy atom. The summed E-state index contributed by atoms with van der Waals surface area (Å²) >= 11 is 0. The Balaban J connectivity index is 0.00000306. The normalized spacial score (nSPS) is 13.7. The van der Waals surface area contributed by atoms with Gasteiger partial charge in [0.2, 0.25) is 5.91 Å². The SMILES string of the molecule is O.O=C(Cc1ccc(-c2ccc(OCCN3CCOCC3)cc2)cn1)NCc1ccccc1. The Hall–Kier alpha value is -3.26. The van der Waals surface area contributed by atoms with E-state index in [0.717, 1.165) is 61.0 Å². The van der Waals surface area contributed by atoms with Crippen LogP contribution in [0.2, 0.25) is 0 Å². The van der Waals surface area contributed by atoms with Gasteiger partial charge in [0.25, 0.3) is 0 Å². The molecule has 1 saturated heterocycles. The summed E-state index contributed by atoms with van der Waals surface area (Å²) in [5.41, 5.74) is 3.91. The topological polar surface area (TPSA) is 95.2 Å². The highest BCUT2D eigenvalue weighted by Gasteiger charge is 2.10. The Bertz CT molecular complexity index is 973. The molecule has 3 aromatic rings. The second kappa shape index (κ2) is 12.7. The predicted molar refractivity (Wildman–Crippen MR) is 128 cm³/mol. The van der Waals surface area contributed by atoms with Gasteiger partial charge in [-0.25, -0.2) is 0 Å². The van der Waals surface area contributed by atoms with Gasteiger partial charge < -0.3 is 20.3 Å². The van der Waals surface area contributed by atoms with Gasteiger partial charge in [-0.3, -0.25) is 14.7 Å². The zero-order valence-electron chi connectivity index (χ0n) is 18.7. The van der Waals surface area contributed by atoms with E-state index in [1.54, 1.807) is 0 Å². The van der Waals surface area contributed by atoms with Crippen LogP contribution in [0.15, 0.2) is 72.9 Å². The van der Waals surface area contributed by atoms with Crippen LogP contribution in [0.3, 0.4) is 0 Å². The quantitative estimate of drug-likeness (QED) is 0.542. The average molecular weight is 450 g/mol. The minimum atomic E-state index is -0.0346. The van der Waals surface area contributed by atoms with Crippen LogP contribution in [0.4, 0.5) is 0 Å². The van der Waals surface area contributed by atoms with Crippen LogP contribution in [-0.2, 0) is 22.5 Å². The number of pyridine rings is 1. The van der Waals surface area contributed by atoms with E-state index < -0.39 is 0 Å². The molecule has 0 unspecified atom stereocenters. The van der Waals surface area contributed by atoms with Crippen molar-refractivity contribution >= 4 is 5.91 Å². The summed E-state index contributed by atoms with van der Waals surface area (Å²) in [6, 6.07) is 21.8. The summed E-state index contributed by atoms with van der Waals surface area (Å²) in [6.07, 6.45) is 2.08. The van der Waals surface area contributed by atoms with E-state index in [-0.39, 0.29) is 17.8 Å². The van der Waals surface area contributed by atoms with E-state index in [4.69, 9.17) is 9.47 Å². The molecule has 2 heterocycles. The number of hydrogen-bond acceptors (Lipinski definition) is 5. The Morgan fingerprint density at radius 1 is 0.970 bits per heavy atom. The number of amides is 1. The van der Waals surface area contributed by atoms with Crippen molar-refractivity contribution in [2.75, 3.05) is 39.5 Å². The van der Waals surface area contributed by atoms with Crippen LogP contribution in [-0.4, -0.2) is 60.7 Å². The molecule has 7 heteroatoms. The fourth-order valence-corrected chi connectivity index (χ4v) is 3.58. The number of benzene rings is 2. The molecule has 4 rings (SSSR count). The zero-order chi connectivity index (χ0) is 22.0. The predicted octanol–water partition coefficient (Wildman–Crippen LogP) is 2.49. The molecule has 0 aliphatic carbocycles. The summed E-state index contributed by atoms with van der Waals surface area (Å²) in [5.74, 6) is 0.828. The third kappa shape index (κ3) is 7.68. The number of aromatic nitrogens is 1. The molecule has 0 bridgehead atoms. The molecule has 33 heavy (non-hydrogen) atoms. The molecular weight excluding hydrogens is 418 g/mol. The van der Waals surface area contributed by atoms with Crippen molar-refractivity contribution in [3.8, 4) is 16.9 Å². The summed E-state index contributed by atoms with van der Waals surface area (Å²) in [5, 5.41) is 2.94. The molecule has 2 aromatic carbocycles. The summed E-state index contributed by atoms with van der Waals surface area (Å²) < 4.78 is 11.2.